The topological polar surface area (TPSA) is 79.5 Å². The average molecular weight is 460 g/mol. The first kappa shape index (κ1) is 22.8. The second kappa shape index (κ2) is 9.71. The minimum absolute atomic E-state index is 0.207. The highest BCUT2D eigenvalue weighted by Gasteiger charge is 2.34. The fraction of sp³-hybridized carbons (Fsp3) is 0.464. The maximum absolute atomic E-state index is 11.0. The first-order chi connectivity index (χ1) is 16.5. The van der Waals surface area contributed by atoms with E-state index in [2.05, 4.69) is 53.4 Å². The van der Waals surface area contributed by atoms with Gasteiger partial charge in [-0.3, -0.25) is 9.69 Å². The molecule has 0 bridgehead atoms. The van der Waals surface area contributed by atoms with Crippen LogP contribution in [0.3, 0.4) is 0 Å². The molecule has 0 atom stereocenters. The van der Waals surface area contributed by atoms with Crippen molar-refractivity contribution in [3.8, 4) is 11.4 Å². The lowest BCUT2D eigenvalue weighted by atomic mass is 9.67. The summed E-state index contributed by atoms with van der Waals surface area (Å²) >= 11 is 0. The summed E-state index contributed by atoms with van der Waals surface area (Å²) < 4.78 is 5.64. The molecule has 1 saturated carbocycles. The summed E-state index contributed by atoms with van der Waals surface area (Å²) in [7, 11) is 0. The minimum Gasteiger partial charge on any atom is -0.481 e. The van der Waals surface area contributed by atoms with Crippen molar-refractivity contribution in [2.75, 3.05) is 13.1 Å². The number of nitrogens with zero attached hydrogens (tertiary/aromatic N) is 3. The van der Waals surface area contributed by atoms with Gasteiger partial charge in [0.15, 0.2) is 0 Å². The normalized spacial score (nSPS) is 18.5. The van der Waals surface area contributed by atoms with Crippen molar-refractivity contribution in [3.63, 3.8) is 0 Å². The Morgan fingerprint density at radius 1 is 1.06 bits per heavy atom. The fourth-order valence-electron chi connectivity index (χ4n) is 5.51. The highest BCUT2D eigenvalue weighted by molar-refractivity contribution is 5.71. The maximum atomic E-state index is 11.0. The van der Waals surface area contributed by atoms with E-state index >= 15 is 0 Å². The van der Waals surface area contributed by atoms with E-state index in [-0.39, 0.29) is 11.3 Å². The third-order valence-corrected chi connectivity index (χ3v) is 7.68. The zero-order valence-electron chi connectivity index (χ0n) is 19.9. The van der Waals surface area contributed by atoms with Gasteiger partial charge >= 0.3 is 5.97 Å². The van der Waals surface area contributed by atoms with Gasteiger partial charge in [-0.15, -0.1) is 0 Å². The Balaban J connectivity index is 1.21. The third-order valence-electron chi connectivity index (χ3n) is 7.68. The molecule has 1 aliphatic carbocycles. The van der Waals surface area contributed by atoms with Gasteiger partial charge in [-0.05, 0) is 42.7 Å². The molecule has 1 aliphatic heterocycles. The monoisotopic (exact) mass is 459 g/mol. The molecule has 5 rings (SSSR count). The molecular formula is C28H33N3O3. The van der Waals surface area contributed by atoms with Gasteiger partial charge in [0.2, 0.25) is 11.7 Å². The van der Waals surface area contributed by atoms with E-state index in [1.54, 1.807) is 0 Å². The highest BCUT2D eigenvalue weighted by atomic mass is 16.5. The Morgan fingerprint density at radius 2 is 1.76 bits per heavy atom. The molecule has 1 aromatic heterocycles. The second-order valence-electron chi connectivity index (χ2n) is 10.1. The summed E-state index contributed by atoms with van der Waals surface area (Å²) in [6.07, 6.45) is 8.16. The SMILES string of the molecule is Cc1ccc(C2(CCc3nc(-c4ccc(CN5CC(C(=O)O)C5)cc4)no3)CCCCC2)cc1. The number of benzene rings is 2. The van der Waals surface area contributed by atoms with Gasteiger partial charge in [0.25, 0.3) is 0 Å². The lowest BCUT2D eigenvalue weighted by molar-refractivity contribution is -0.147. The van der Waals surface area contributed by atoms with Gasteiger partial charge in [0.05, 0.1) is 5.92 Å². The molecule has 0 spiro atoms. The molecule has 0 radical (unpaired) electrons. The minimum atomic E-state index is -0.701. The third kappa shape index (κ3) is 4.92. The highest BCUT2D eigenvalue weighted by Crippen LogP contribution is 2.43. The van der Waals surface area contributed by atoms with Gasteiger partial charge < -0.3 is 9.63 Å². The van der Waals surface area contributed by atoms with E-state index in [4.69, 9.17) is 14.6 Å². The first-order valence-corrected chi connectivity index (χ1v) is 12.4. The van der Waals surface area contributed by atoms with Crippen LogP contribution in [-0.2, 0) is 23.2 Å². The van der Waals surface area contributed by atoms with Crippen LogP contribution >= 0.6 is 0 Å². The van der Waals surface area contributed by atoms with Crippen LogP contribution in [0.5, 0.6) is 0 Å². The van der Waals surface area contributed by atoms with Gasteiger partial charge in [0, 0.05) is 31.6 Å². The molecule has 2 aromatic carbocycles. The Labute approximate surface area is 201 Å². The molecule has 6 nitrogen and oxygen atoms in total. The van der Waals surface area contributed by atoms with Gasteiger partial charge in [-0.25, -0.2) is 0 Å². The number of carboxylic acid groups (broad SMARTS) is 1. The molecule has 6 heteroatoms. The number of hydrogen-bond acceptors (Lipinski definition) is 5. The number of likely N-dealkylation sites (tertiary alicyclic amines) is 1. The number of rotatable bonds is 8. The van der Waals surface area contributed by atoms with Crippen molar-refractivity contribution in [2.45, 2.75) is 63.8 Å². The Hall–Kier alpha value is -2.99. The number of aryl methyl sites for hydroxylation is 2. The average Bonchev–Trinajstić information content (AvgIpc) is 3.30. The van der Waals surface area contributed by atoms with Crippen molar-refractivity contribution in [1.82, 2.24) is 15.0 Å². The largest absolute Gasteiger partial charge is 0.481 e. The molecule has 178 valence electrons. The van der Waals surface area contributed by atoms with Gasteiger partial charge in [-0.2, -0.15) is 4.98 Å². The predicted octanol–water partition coefficient (Wildman–Crippen LogP) is 5.40. The first-order valence-electron chi connectivity index (χ1n) is 12.4. The van der Waals surface area contributed by atoms with E-state index < -0.39 is 5.97 Å². The molecule has 0 unspecified atom stereocenters. The van der Waals surface area contributed by atoms with E-state index in [0.717, 1.165) is 30.5 Å². The van der Waals surface area contributed by atoms with Crippen LogP contribution < -0.4 is 0 Å². The number of carboxylic acids is 1. The standard InChI is InChI=1S/C28H33N3O3/c1-20-5-11-24(12-6-20)28(14-3-2-4-15-28)16-13-25-29-26(30-34-25)22-9-7-21(8-10-22)17-31-18-23(19-31)27(32)33/h5-12,23H,2-4,13-19H2,1H3,(H,32,33). The van der Waals surface area contributed by atoms with Gasteiger partial charge in [-0.1, -0.05) is 78.5 Å². The summed E-state index contributed by atoms with van der Waals surface area (Å²) in [4.78, 5) is 17.8. The quantitative estimate of drug-likeness (QED) is 0.486. The molecule has 1 N–H and O–H groups in total. The molecular weight excluding hydrogens is 426 g/mol. The molecule has 2 heterocycles. The van der Waals surface area contributed by atoms with E-state index in [9.17, 15) is 4.79 Å². The van der Waals surface area contributed by atoms with E-state index in [1.165, 1.54) is 43.2 Å². The number of aromatic nitrogens is 2. The Bertz CT molecular complexity index is 1110. The zero-order chi connectivity index (χ0) is 23.5. The van der Waals surface area contributed by atoms with Crippen LogP contribution in [0.1, 0.15) is 61.1 Å². The van der Waals surface area contributed by atoms with Crippen molar-refractivity contribution >= 4 is 5.97 Å². The van der Waals surface area contributed by atoms with Crippen LogP contribution in [0.25, 0.3) is 11.4 Å². The van der Waals surface area contributed by atoms with Crippen molar-refractivity contribution in [1.29, 1.82) is 0 Å². The Morgan fingerprint density at radius 3 is 2.44 bits per heavy atom. The number of hydrogen-bond donors (Lipinski definition) is 1. The molecule has 0 amide bonds. The number of aliphatic carboxylic acids is 1. The van der Waals surface area contributed by atoms with Crippen LogP contribution in [0.2, 0.25) is 0 Å². The van der Waals surface area contributed by atoms with Crippen molar-refractivity contribution < 1.29 is 14.4 Å². The summed E-state index contributed by atoms with van der Waals surface area (Å²) in [6, 6.07) is 17.2. The van der Waals surface area contributed by atoms with Crippen LogP contribution in [0.15, 0.2) is 53.1 Å². The van der Waals surface area contributed by atoms with Crippen LogP contribution in [-0.4, -0.2) is 39.2 Å². The van der Waals surface area contributed by atoms with E-state index in [0.29, 0.717) is 24.8 Å². The molecule has 34 heavy (non-hydrogen) atoms. The lowest BCUT2D eigenvalue weighted by Gasteiger charge is -2.38. The summed E-state index contributed by atoms with van der Waals surface area (Å²) in [5, 5.41) is 13.3. The molecule has 3 aromatic rings. The number of carbonyl (C=O) groups is 1. The molecule has 1 saturated heterocycles. The summed E-state index contributed by atoms with van der Waals surface area (Å²) in [6.45, 7) is 4.15. The second-order valence-corrected chi connectivity index (χ2v) is 10.1. The van der Waals surface area contributed by atoms with Gasteiger partial charge in [0.1, 0.15) is 0 Å². The fourth-order valence-corrected chi connectivity index (χ4v) is 5.51. The molecule has 2 aliphatic rings. The van der Waals surface area contributed by atoms with Crippen molar-refractivity contribution in [2.24, 2.45) is 5.92 Å². The zero-order valence-corrected chi connectivity index (χ0v) is 19.9. The summed E-state index contributed by atoms with van der Waals surface area (Å²) in [5.74, 6) is 0.407. The van der Waals surface area contributed by atoms with Crippen LogP contribution in [0, 0.1) is 12.8 Å². The smallest absolute Gasteiger partial charge is 0.309 e. The maximum Gasteiger partial charge on any atom is 0.309 e. The lowest BCUT2D eigenvalue weighted by Crippen LogP contribution is -2.49. The molecule has 2 fully saturated rings. The van der Waals surface area contributed by atoms with Crippen LogP contribution in [0.4, 0.5) is 0 Å². The van der Waals surface area contributed by atoms with Crippen molar-refractivity contribution in [3.05, 3.63) is 71.1 Å². The van der Waals surface area contributed by atoms with E-state index in [1.807, 2.05) is 12.1 Å². The Kier molecular flexibility index (Phi) is 6.50. The predicted molar refractivity (Wildman–Crippen MR) is 130 cm³/mol. The summed E-state index contributed by atoms with van der Waals surface area (Å²) in [5.41, 5.74) is 5.06.